The third-order valence-electron chi connectivity index (χ3n) is 5.63. The molecule has 7 nitrogen and oxygen atoms in total. The van der Waals surface area contributed by atoms with Crippen LogP contribution >= 0.6 is 0 Å². The van der Waals surface area contributed by atoms with Gasteiger partial charge >= 0.3 is 0 Å². The number of carbonyl (C=O) groups excluding carboxylic acids is 1. The van der Waals surface area contributed by atoms with Gasteiger partial charge in [-0.05, 0) is 49.8 Å². The number of carbonyl (C=O) groups is 1. The topological polar surface area (TPSA) is 101 Å². The zero-order valence-electron chi connectivity index (χ0n) is 15.0. The minimum absolute atomic E-state index is 0.0895. The SMILES string of the molecule is O=C(NC1CCc2[nH]ncc2C1)C1(S(=O)(=O)c2ccccc2)CCOCC1. The third-order valence-corrected chi connectivity index (χ3v) is 8.15. The van der Waals surface area contributed by atoms with Crippen molar-refractivity contribution in [1.82, 2.24) is 15.5 Å². The summed E-state index contributed by atoms with van der Waals surface area (Å²) in [6, 6.07) is 8.14. The number of aromatic nitrogens is 2. The molecule has 1 unspecified atom stereocenters. The number of hydrogen-bond acceptors (Lipinski definition) is 5. The first kappa shape index (κ1) is 18.2. The van der Waals surface area contributed by atoms with Crippen LogP contribution in [-0.2, 0) is 32.2 Å². The van der Waals surface area contributed by atoms with Crippen molar-refractivity contribution in [2.24, 2.45) is 0 Å². The van der Waals surface area contributed by atoms with Crippen LogP contribution in [-0.4, -0.2) is 48.5 Å². The fraction of sp³-hybridized carbons (Fsp3) is 0.474. The number of H-pyrrole nitrogens is 1. The second-order valence-corrected chi connectivity index (χ2v) is 9.47. The summed E-state index contributed by atoms with van der Waals surface area (Å²) in [6.07, 6.45) is 4.33. The molecule has 4 rings (SSSR count). The van der Waals surface area contributed by atoms with Crippen molar-refractivity contribution < 1.29 is 17.9 Å². The van der Waals surface area contributed by atoms with Gasteiger partial charge in [-0.3, -0.25) is 9.89 Å². The van der Waals surface area contributed by atoms with Crippen LogP contribution < -0.4 is 5.32 Å². The van der Waals surface area contributed by atoms with Gasteiger partial charge in [0, 0.05) is 24.9 Å². The average Bonchev–Trinajstić information content (AvgIpc) is 3.17. The number of sulfone groups is 1. The molecule has 0 radical (unpaired) electrons. The minimum atomic E-state index is -3.83. The molecular formula is C19H23N3O4S. The molecule has 0 spiro atoms. The van der Waals surface area contributed by atoms with Crippen molar-refractivity contribution in [3.05, 3.63) is 47.8 Å². The van der Waals surface area contributed by atoms with Gasteiger partial charge in [0.05, 0.1) is 11.1 Å². The van der Waals surface area contributed by atoms with E-state index in [1.807, 2.05) is 0 Å². The van der Waals surface area contributed by atoms with Crippen LogP contribution in [0.5, 0.6) is 0 Å². The van der Waals surface area contributed by atoms with Crippen molar-refractivity contribution in [2.75, 3.05) is 13.2 Å². The first-order valence-corrected chi connectivity index (χ1v) is 10.7. The monoisotopic (exact) mass is 389 g/mol. The molecule has 2 aliphatic rings. The number of aryl methyl sites for hydroxylation is 1. The van der Waals surface area contributed by atoms with E-state index in [4.69, 9.17) is 4.74 Å². The summed E-state index contributed by atoms with van der Waals surface area (Å²) < 4.78 is 30.7. The molecule has 1 aliphatic carbocycles. The summed E-state index contributed by atoms with van der Waals surface area (Å²) in [7, 11) is -3.83. The third kappa shape index (κ3) is 3.17. The average molecular weight is 389 g/mol. The summed E-state index contributed by atoms with van der Waals surface area (Å²) in [6.45, 7) is 0.520. The predicted molar refractivity (Wildman–Crippen MR) is 99.0 cm³/mol. The summed E-state index contributed by atoms with van der Waals surface area (Å²) in [5, 5.41) is 10.0. The Bertz CT molecular complexity index is 917. The molecule has 2 aromatic rings. The van der Waals surface area contributed by atoms with Gasteiger partial charge in [0.15, 0.2) is 14.6 Å². The number of ether oxygens (including phenoxy) is 1. The van der Waals surface area contributed by atoms with E-state index in [0.717, 1.165) is 24.1 Å². The molecule has 1 saturated heterocycles. The van der Waals surface area contributed by atoms with E-state index in [1.54, 1.807) is 36.5 Å². The second kappa shape index (κ2) is 7.09. The van der Waals surface area contributed by atoms with Gasteiger partial charge in [-0.2, -0.15) is 5.10 Å². The van der Waals surface area contributed by atoms with E-state index in [9.17, 15) is 13.2 Å². The summed E-state index contributed by atoms with van der Waals surface area (Å²) >= 11 is 0. The smallest absolute Gasteiger partial charge is 0.242 e. The summed E-state index contributed by atoms with van der Waals surface area (Å²) in [4.78, 5) is 13.5. The highest BCUT2D eigenvalue weighted by molar-refractivity contribution is 7.93. The van der Waals surface area contributed by atoms with Crippen LogP contribution in [0.4, 0.5) is 0 Å². The highest BCUT2D eigenvalue weighted by Gasteiger charge is 2.52. The van der Waals surface area contributed by atoms with E-state index in [-0.39, 0.29) is 37.0 Å². The molecule has 2 heterocycles. The number of fused-ring (bicyclic) bond motifs is 1. The highest BCUT2D eigenvalue weighted by Crippen LogP contribution is 2.35. The van der Waals surface area contributed by atoms with Gasteiger partial charge in [-0.15, -0.1) is 0 Å². The first-order valence-electron chi connectivity index (χ1n) is 9.22. The van der Waals surface area contributed by atoms with Gasteiger partial charge in [-0.25, -0.2) is 8.42 Å². The molecule has 1 aromatic heterocycles. The molecular weight excluding hydrogens is 366 g/mol. The maximum atomic E-state index is 13.4. The van der Waals surface area contributed by atoms with Crippen molar-refractivity contribution in [3.8, 4) is 0 Å². The van der Waals surface area contributed by atoms with Crippen LogP contribution in [0.25, 0.3) is 0 Å². The van der Waals surface area contributed by atoms with E-state index < -0.39 is 20.5 Å². The van der Waals surface area contributed by atoms with Gasteiger partial charge in [0.25, 0.3) is 0 Å². The Kier molecular flexibility index (Phi) is 4.77. The van der Waals surface area contributed by atoms with Gasteiger partial charge < -0.3 is 10.1 Å². The Morgan fingerprint density at radius 3 is 2.70 bits per heavy atom. The van der Waals surface area contributed by atoms with Crippen LogP contribution in [0.2, 0.25) is 0 Å². The quantitative estimate of drug-likeness (QED) is 0.823. The minimum Gasteiger partial charge on any atom is -0.381 e. The lowest BCUT2D eigenvalue weighted by molar-refractivity contribution is -0.126. The van der Waals surface area contributed by atoms with E-state index in [2.05, 4.69) is 15.5 Å². The second-order valence-electron chi connectivity index (χ2n) is 7.21. The fourth-order valence-corrected chi connectivity index (χ4v) is 5.97. The Labute approximate surface area is 158 Å². The Morgan fingerprint density at radius 1 is 1.22 bits per heavy atom. The van der Waals surface area contributed by atoms with Crippen LogP contribution in [0.15, 0.2) is 41.4 Å². The maximum Gasteiger partial charge on any atom is 0.242 e. The molecule has 1 atom stereocenters. The molecule has 144 valence electrons. The van der Waals surface area contributed by atoms with Crippen molar-refractivity contribution in [1.29, 1.82) is 0 Å². The van der Waals surface area contributed by atoms with Crippen LogP contribution in [0, 0.1) is 0 Å². The number of benzene rings is 1. The Morgan fingerprint density at radius 2 is 1.96 bits per heavy atom. The first-order chi connectivity index (χ1) is 13.0. The summed E-state index contributed by atoms with van der Waals surface area (Å²) in [5.41, 5.74) is 2.18. The van der Waals surface area contributed by atoms with Crippen molar-refractivity contribution in [3.63, 3.8) is 0 Å². The van der Waals surface area contributed by atoms with Gasteiger partial charge in [-0.1, -0.05) is 18.2 Å². The number of nitrogens with one attached hydrogen (secondary N) is 2. The van der Waals surface area contributed by atoms with Crippen molar-refractivity contribution in [2.45, 2.75) is 47.8 Å². The number of nitrogens with zero attached hydrogens (tertiary/aromatic N) is 1. The zero-order valence-corrected chi connectivity index (χ0v) is 15.8. The van der Waals surface area contributed by atoms with Crippen molar-refractivity contribution >= 4 is 15.7 Å². The number of hydrogen-bond donors (Lipinski definition) is 2. The molecule has 8 heteroatoms. The summed E-state index contributed by atoms with van der Waals surface area (Å²) in [5.74, 6) is -0.411. The number of rotatable bonds is 4. The van der Waals surface area contributed by atoms with Crippen LogP contribution in [0.1, 0.15) is 30.5 Å². The number of aromatic amines is 1. The lowest BCUT2D eigenvalue weighted by Gasteiger charge is -2.36. The molecule has 1 fully saturated rings. The molecule has 0 saturated carbocycles. The lowest BCUT2D eigenvalue weighted by Crippen LogP contribution is -2.57. The maximum absolute atomic E-state index is 13.4. The molecule has 1 amide bonds. The van der Waals surface area contributed by atoms with E-state index in [1.165, 1.54) is 0 Å². The highest BCUT2D eigenvalue weighted by atomic mass is 32.2. The molecule has 2 N–H and O–H groups in total. The van der Waals surface area contributed by atoms with E-state index in [0.29, 0.717) is 6.42 Å². The van der Waals surface area contributed by atoms with Crippen LogP contribution in [0.3, 0.4) is 0 Å². The molecule has 1 aliphatic heterocycles. The molecule has 27 heavy (non-hydrogen) atoms. The Hall–Kier alpha value is -2.19. The fourth-order valence-electron chi connectivity index (χ4n) is 4.00. The molecule has 0 bridgehead atoms. The number of amides is 1. The molecule has 1 aromatic carbocycles. The standard InChI is InChI=1S/C19H23N3O4S/c23-18(21-15-6-7-17-14(12-15)13-20-22-17)19(8-10-26-11-9-19)27(24,25)16-4-2-1-3-5-16/h1-5,13,15H,6-12H2,(H,20,22)(H,21,23). The largest absolute Gasteiger partial charge is 0.381 e. The Balaban J connectivity index is 1.61. The predicted octanol–water partition coefficient (Wildman–Crippen LogP) is 1.41. The lowest BCUT2D eigenvalue weighted by atomic mass is 9.92. The normalized spacial score (nSPS) is 22.0. The van der Waals surface area contributed by atoms with Gasteiger partial charge in [0.2, 0.25) is 5.91 Å². The zero-order chi connectivity index (χ0) is 18.9. The van der Waals surface area contributed by atoms with E-state index >= 15 is 0 Å². The van der Waals surface area contributed by atoms with Gasteiger partial charge in [0.1, 0.15) is 0 Å².